The summed E-state index contributed by atoms with van der Waals surface area (Å²) < 4.78 is 0. The molecule has 1 N–H and O–H groups in total. The van der Waals surface area contributed by atoms with E-state index in [1.54, 1.807) is 0 Å². The normalized spacial score (nSPS) is 16.0. The summed E-state index contributed by atoms with van der Waals surface area (Å²) in [7, 11) is 0. The highest BCUT2D eigenvalue weighted by Gasteiger charge is 2.22. The van der Waals surface area contributed by atoms with Gasteiger partial charge in [-0.15, -0.1) is 0 Å². The molecule has 1 fully saturated rings. The first kappa shape index (κ1) is 9.50. The van der Waals surface area contributed by atoms with E-state index in [1.807, 2.05) is 6.20 Å². The van der Waals surface area contributed by atoms with Crippen molar-refractivity contribution < 1.29 is 0 Å². The van der Waals surface area contributed by atoms with E-state index in [9.17, 15) is 0 Å². The first-order chi connectivity index (χ1) is 6.66. The molecule has 0 radical (unpaired) electrons. The second kappa shape index (κ2) is 3.60. The Hall–Kier alpha value is -1.05. The molecule has 1 aliphatic carbocycles. The maximum Gasteiger partial charge on any atom is 0.129 e. The van der Waals surface area contributed by atoms with Gasteiger partial charge in [-0.05, 0) is 36.8 Å². The van der Waals surface area contributed by atoms with Gasteiger partial charge in [0.25, 0.3) is 0 Å². The molecule has 2 rings (SSSR count). The maximum absolute atomic E-state index is 4.47. The largest absolute Gasteiger partial charge is 0.367 e. The van der Waals surface area contributed by atoms with Crippen LogP contribution in [0.2, 0.25) is 0 Å². The first-order valence-corrected chi connectivity index (χ1v) is 5.40. The number of rotatable bonds is 3. The van der Waals surface area contributed by atoms with Crippen molar-refractivity contribution >= 4 is 5.82 Å². The zero-order valence-electron chi connectivity index (χ0n) is 9.17. The Kier molecular flexibility index (Phi) is 2.44. The van der Waals surface area contributed by atoms with Crippen LogP contribution in [0.4, 0.5) is 5.82 Å². The van der Waals surface area contributed by atoms with Gasteiger partial charge >= 0.3 is 0 Å². The zero-order chi connectivity index (χ0) is 10.1. The number of anilines is 1. The standard InChI is InChI=1S/C12H18N2/c1-8(2)11-6-9(3)7-13-12(11)14-10-4-5-10/h6-8,10H,4-5H2,1-3H3,(H,13,14). The van der Waals surface area contributed by atoms with Crippen LogP contribution in [0.15, 0.2) is 12.3 Å². The number of nitrogens with one attached hydrogen (secondary N) is 1. The molecule has 14 heavy (non-hydrogen) atoms. The molecule has 0 aromatic carbocycles. The highest BCUT2D eigenvalue weighted by molar-refractivity contribution is 5.48. The van der Waals surface area contributed by atoms with Gasteiger partial charge in [-0.1, -0.05) is 19.9 Å². The van der Waals surface area contributed by atoms with Crippen LogP contribution in [-0.2, 0) is 0 Å². The third-order valence-corrected chi connectivity index (χ3v) is 2.59. The van der Waals surface area contributed by atoms with Gasteiger partial charge in [-0.3, -0.25) is 0 Å². The first-order valence-electron chi connectivity index (χ1n) is 5.40. The van der Waals surface area contributed by atoms with Gasteiger partial charge in [0.05, 0.1) is 0 Å². The lowest BCUT2D eigenvalue weighted by Crippen LogP contribution is -2.07. The van der Waals surface area contributed by atoms with Gasteiger partial charge in [0.1, 0.15) is 5.82 Å². The average Bonchev–Trinajstić information content (AvgIpc) is 2.91. The lowest BCUT2D eigenvalue weighted by molar-refractivity contribution is 0.853. The number of nitrogens with zero attached hydrogens (tertiary/aromatic N) is 1. The van der Waals surface area contributed by atoms with Crippen LogP contribution >= 0.6 is 0 Å². The Morgan fingerprint density at radius 3 is 2.71 bits per heavy atom. The van der Waals surface area contributed by atoms with E-state index in [1.165, 1.54) is 24.0 Å². The Morgan fingerprint density at radius 2 is 2.14 bits per heavy atom. The highest BCUT2D eigenvalue weighted by Crippen LogP contribution is 2.29. The molecule has 1 saturated carbocycles. The zero-order valence-corrected chi connectivity index (χ0v) is 9.17. The quantitative estimate of drug-likeness (QED) is 0.792. The van der Waals surface area contributed by atoms with Gasteiger partial charge in [0, 0.05) is 12.2 Å². The van der Waals surface area contributed by atoms with E-state index in [2.05, 4.69) is 37.1 Å². The summed E-state index contributed by atoms with van der Waals surface area (Å²) >= 11 is 0. The third kappa shape index (κ3) is 2.06. The molecular formula is C12H18N2. The van der Waals surface area contributed by atoms with Crippen molar-refractivity contribution in [2.24, 2.45) is 0 Å². The fraction of sp³-hybridized carbons (Fsp3) is 0.583. The van der Waals surface area contributed by atoms with Crippen molar-refractivity contribution in [2.75, 3.05) is 5.32 Å². The molecule has 1 aliphatic rings. The molecule has 0 atom stereocenters. The average molecular weight is 190 g/mol. The second-order valence-corrected chi connectivity index (χ2v) is 4.52. The summed E-state index contributed by atoms with van der Waals surface area (Å²) in [6.45, 7) is 6.53. The summed E-state index contributed by atoms with van der Waals surface area (Å²) in [6, 6.07) is 2.92. The fourth-order valence-corrected chi connectivity index (χ4v) is 1.57. The Bertz CT molecular complexity index is 327. The summed E-state index contributed by atoms with van der Waals surface area (Å²) in [4.78, 5) is 4.47. The van der Waals surface area contributed by atoms with Gasteiger partial charge < -0.3 is 5.32 Å². The third-order valence-electron chi connectivity index (χ3n) is 2.59. The van der Waals surface area contributed by atoms with Crippen LogP contribution in [0.1, 0.15) is 43.7 Å². The topological polar surface area (TPSA) is 24.9 Å². The minimum absolute atomic E-state index is 0.545. The van der Waals surface area contributed by atoms with Gasteiger partial charge in [-0.2, -0.15) is 0 Å². The number of hydrogen-bond acceptors (Lipinski definition) is 2. The number of pyridine rings is 1. The summed E-state index contributed by atoms with van der Waals surface area (Å²) in [5.74, 6) is 1.64. The molecule has 0 spiro atoms. The van der Waals surface area contributed by atoms with Crippen LogP contribution in [-0.4, -0.2) is 11.0 Å². The lowest BCUT2D eigenvalue weighted by atomic mass is 10.0. The molecule has 0 unspecified atom stereocenters. The van der Waals surface area contributed by atoms with Crippen molar-refractivity contribution in [1.82, 2.24) is 4.98 Å². The van der Waals surface area contributed by atoms with Crippen LogP contribution in [0.3, 0.4) is 0 Å². The van der Waals surface area contributed by atoms with E-state index in [-0.39, 0.29) is 0 Å². The molecule has 0 saturated heterocycles. The van der Waals surface area contributed by atoms with E-state index in [0.717, 1.165) is 5.82 Å². The minimum Gasteiger partial charge on any atom is -0.367 e. The lowest BCUT2D eigenvalue weighted by Gasteiger charge is -2.13. The highest BCUT2D eigenvalue weighted by atomic mass is 15.0. The molecule has 0 aliphatic heterocycles. The van der Waals surface area contributed by atoms with Gasteiger partial charge in [-0.25, -0.2) is 4.98 Å². The second-order valence-electron chi connectivity index (χ2n) is 4.52. The molecular weight excluding hydrogens is 172 g/mol. The molecule has 1 aromatic rings. The van der Waals surface area contributed by atoms with E-state index < -0.39 is 0 Å². The van der Waals surface area contributed by atoms with E-state index >= 15 is 0 Å². The predicted molar refractivity (Wildman–Crippen MR) is 59.7 cm³/mol. The monoisotopic (exact) mass is 190 g/mol. The number of aromatic nitrogens is 1. The molecule has 1 aromatic heterocycles. The van der Waals surface area contributed by atoms with Crippen LogP contribution in [0.25, 0.3) is 0 Å². The summed E-state index contributed by atoms with van der Waals surface area (Å²) in [5, 5.41) is 3.48. The number of aryl methyl sites for hydroxylation is 1. The van der Waals surface area contributed by atoms with E-state index in [4.69, 9.17) is 0 Å². The minimum atomic E-state index is 0.545. The maximum atomic E-state index is 4.47. The summed E-state index contributed by atoms with van der Waals surface area (Å²) in [5.41, 5.74) is 2.59. The summed E-state index contributed by atoms with van der Waals surface area (Å²) in [6.07, 6.45) is 4.54. The fourth-order valence-electron chi connectivity index (χ4n) is 1.57. The number of hydrogen-bond donors (Lipinski definition) is 1. The van der Waals surface area contributed by atoms with E-state index in [0.29, 0.717) is 12.0 Å². The smallest absolute Gasteiger partial charge is 0.129 e. The molecule has 2 heteroatoms. The van der Waals surface area contributed by atoms with Crippen molar-refractivity contribution in [1.29, 1.82) is 0 Å². The van der Waals surface area contributed by atoms with Crippen molar-refractivity contribution in [3.05, 3.63) is 23.4 Å². The molecule has 1 heterocycles. The van der Waals surface area contributed by atoms with Crippen LogP contribution in [0, 0.1) is 6.92 Å². The predicted octanol–water partition coefficient (Wildman–Crippen LogP) is 3.09. The van der Waals surface area contributed by atoms with Crippen molar-refractivity contribution in [2.45, 2.75) is 45.6 Å². The Balaban J connectivity index is 2.26. The Labute approximate surface area is 85.7 Å². The molecule has 76 valence electrons. The van der Waals surface area contributed by atoms with Crippen LogP contribution < -0.4 is 5.32 Å². The Morgan fingerprint density at radius 1 is 1.43 bits per heavy atom. The molecule has 0 amide bonds. The molecule has 2 nitrogen and oxygen atoms in total. The molecule has 0 bridgehead atoms. The SMILES string of the molecule is Cc1cnc(NC2CC2)c(C(C)C)c1. The van der Waals surface area contributed by atoms with Crippen LogP contribution in [0.5, 0.6) is 0 Å². The van der Waals surface area contributed by atoms with Crippen molar-refractivity contribution in [3.8, 4) is 0 Å². The van der Waals surface area contributed by atoms with Gasteiger partial charge in [0.15, 0.2) is 0 Å². The van der Waals surface area contributed by atoms with Crippen molar-refractivity contribution in [3.63, 3.8) is 0 Å². The van der Waals surface area contributed by atoms with Gasteiger partial charge in [0.2, 0.25) is 0 Å².